The topological polar surface area (TPSA) is 106 Å². The van der Waals surface area contributed by atoms with Crippen molar-refractivity contribution in [1.82, 2.24) is 4.98 Å². The van der Waals surface area contributed by atoms with E-state index < -0.39 is 4.92 Å². The Morgan fingerprint density at radius 2 is 2.10 bits per heavy atom. The molecule has 2 atom stereocenters. The van der Waals surface area contributed by atoms with Gasteiger partial charge in [0.2, 0.25) is 0 Å². The molecule has 0 amide bonds. The molecule has 0 aliphatic heterocycles. The lowest BCUT2D eigenvalue weighted by atomic mass is 9.83. The Hall–Kier alpha value is -1.89. The second kappa shape index (κ2) is 6.51. The minimum absolute atomic E-state index is 0.0145. The number of nitrogens with one attached hydrogen (secondary N) is 2. The van der Waals surface area contributed by atoms with Crippen LogP contribution in [-0.2, 0) is 0 Å². The second-order valence-corrected chi connectivity index (χ2v) is 5.20. The fraction of sp³-hybridized carbons (Fsp3) is 0.615. The quantitative estimate of drug-likeness (QED) is 0.434. The van der Waals surface area contributed by atoms with Gasteiger partial charge in [-0.25, -0.2) is 10.8 Å². The molecule has 0 saturated heterocycles. The Morgan fingerprint density at radius 1 is 1.40 bits per heavy atom. The zero-order chi connectivity index (χ0) is 14.5. The summed E-state index contributed by atoms with van der Waals surface area (Å²) >= 11 is 0. The van der Waals surface area contributed by atoms with Crippen LogP contribution in [0.2, 0.25) is 0 Å². The van der Waals surface area contributed by atoms with E-state index in [0.717, 1.165) is 12.8 Å². The normalized spacial score (nSPS) is 22.3. The van der Waals surface area contributed by atoms with Gasteiger partial charge >= 0.3 is 0 Å². The van der Waals surface area contributed by atoms with Crippen molar-refractivity contribution in [1.29, 1.82) is 0 Å². The average Bonchev–Trinajstić information content (AvgIpc) is 2.47. The largest absolute Gasteiger partial charge is 0.367 e. The maximum absolute atomic E-state index is 10.9. The number of nitrogen functional groups attached to an aromatic ring is 1. The molecular weight excluding hydrogens is 258 g/mol. The standard InChI is InChI=1S/C13H21N5O2/c1-2-9-5-3-4-6-11(9)15-12-7-10(18(19)20)8-13(16-12)17-14/h7-9,11H,2-6,14H2,1H3,(H2,15,16,17). The van der Waals surface area contributed by atoms with Gasteiger partial charge in [-0.1, -0.05) is 26.2 Å². The van der Waals surface area contributed by atoms with Crippen molar-refractivity contribution in [2.24, 2.45) is 11.8 Å². The molecule has 2 unspecified atom stereocenters. The van der Waals surface area contributed by atoms with Gasteiger partial charge in [0.05, 0.1) is 17.1 Å². The lowest BCUT2D eigenvalue weighted by molar-refractivity contribution is -0.384. The van der Waals surface area contributed by atoms with Crippen molar-refractivity contribution in [2.75, 3.05) is 10.7 Å². The molecule has 1 heterocycles. The minimum atomic E-state index is -0.439. The monoisotopic (exact) mass is 279 g/mol. The summed E-state index contributed by atoms with van der Waals surface area (Å²) in [5.74, 6) is 6.72. The highest BCUT2D eigenvalue weighted by Crippen LogP contribution is 2.30. The van der Waals surface area contributed by atoms with E-state index in [1.807, 2.05) is 0 Å². The van der Waals surface area contributed by atoms with Crippen LogP contribution in [0.3, 0.4) is 0 Å². The molecule has 7 heteroatoms. The summed E-state index contributed by atoms with van der Waals surface area (Å²) in [7, 11) is 0. The van der Waals surface area contributed by atoms with Crippen LogP contribution in [0, 0.1) is 16.0 Å². The van der Waals surface area contributed by atoms with Crippen molar-refractivity contribution in [3.63, 3.8) is 0 Å². The highest BCUT2D eigenvalue weighted by atomic mass is 16.6. The molecule has 4 N–H and O–H groups in total. The number of hydrogen-bond acceptors (Lipinski definition) is 6. The number of rotatable bonds is 5. The molecule has 2 rings (SSSR count). The lowest BCUT2D eigenvalue weighted by Gasteiger charge is -2.31. The first kappa shape index (κ1) is 14.5. The van der Waals surface area contributed by atoms with Crippen LogP contribution >= 0.6 is 0 Å². The smallest absolute Gasteiger partial charge is 0.276 e. The third-order valence-corrected chi connectivity index (χ3v) is 3.94. The van der Waals surface area contributed by atoms with Crippen LogP contribution in [0.4, 0.5) is 17.3 Å². The van der Waals surface area contributed by atoms with Gasteiger partial charge in [0.15, 0.2) is 0 Å². The maximum Gasteiger partial charge on any atom is 0.276 e. The Morgan fingerprint density at radius 3 is 2.75 bits per heavy atom. The SMILES string of the molecule is CCC1CCCCC1Nc1cc([N+](=O)[O-])cc(NN)n1. The van der Waals surface area contributed by atoms with E-state index in [1.165, 1.54) is 31.4 Å². The molecule has 7 nitrogen and oxygen atoms in total. The fourth-order valence-electron chi connectivity index (χ4n) is 2.85. The van der Waals surface area contributed by atoms with Crippen molar-refractivity contribution in [2.45, 2.75) is 45.1 Å². The fourth-order valence-corrected chi connectivity index (χ4v) is 2.85. The molecule has 1 aliphatic rings. The van der Waals surface area contributed by atoms with Crippen LogP contribution in [0.1, 0.15) is 39.0 Å². The molecular formula is C13H21N5O2. The number of nitrogens with two attached hydrogens (primary N) is 1. The Kier molecular flexibility index (Phi) is 4.73. The summed E-state index contributed by atoms with van der Waals surface area (Å²) in [6, 6.07) is 3.11. The first-order chi connectivity index (χ1) is 9.63. The first-order valence-electron chi connectivity index (χ1n) is 7.03. The van der Waals surface area contributed by atoms with E-state index >= 15 is 0 Å². The molecule has 1 fully saturated rings. The van der Waals surface area contributed by atoms with Gasteiger partial charge in [-0.15, -0.1) is 0 Å². The summed E-state index contributed by atoms with van der Waals surface area (Å²) in [4.78, 5) is 14.7. The number of nitro groups is 1. The average molecular weight is 279 g/mol. The number of hydrogen-bond donors (Lipinski definition) is 3. The van der Waals surface area contributed by atoms with E-state index in [2.05, 4.69) is 22.7 Å². The predicted octanol–water partition coefficient (Wildman–Crippen LogP) is 2.66. The van der Waals surface area contributed by atoms with E-state index in [0.29, 0.717) is 23.6 Å². The van der Waals surface area contributed by atoms with E-state index in [9.17, 15) is 10.1 Å². The number of pyridine rings is 1. The third kappa shape index (κ3) is 3.36. The van der Waals surface area contributed by atoms with Crippen molar-refractivity contribution in [3.05, 3.63) is 22.2 Å². The van der Waals surface area contributed by atoms with Gasteiger partial charge in [0, 0.05) is 6.04 Å². The molecule has 1 aliphatic carbocycles. The molecule has 1 aromatic rings. The zero-order valence-corrected chi connectivity index (χ0v) is 11.6. The van der Waals surface area contributed by atoms with Crippen LogP contribution < -0.4 is 16.6 Å². The number of hydrazine groups is 1. The summed E-state index contributed by atoms with van der Waals surface area (Å²) < 4.78 is 0. The third-order valence-electron chi connectivity index (χ3n) is 3.94. The molecule has 110 valence electrons. The highest BCUT2D eigenvalue weighted by Gasteiger charge is 2.24. The second-order valence-electron chi connectivity index (χ2n) is 5.20. The van der Waals surface area contributed by atoms with Gasteiger partial charge in [0.1, 0.15) is 11.6 Å². The molecule has 0 spiro atoms. The molecule has 1 aromatic heterocycles. The molecule has 20 heavy (non-hydrogen) atoms. The molecule has 0 radical (unpaired) electrons. The van der Waals surface area contributed by atoms with Crippen LogP contribution in [-0.4, -0.2) is 15.9 Å². The molecule has 1 saturated carbocycles. The zero-order valence-electron chi connectivity index (χ0n) is 11.6. The maximum atomic E-state index is 10.9. The molecule has 0 bridgehead atoms. The molecule has 0 aromatic carbocycles. The number of aromatic nitrogens is 1. The van der Waals surface area contributed by atoms with Crippen molar-refractivity contribution < 1.29 is 4.92 Å². The minimum Gasteiger partial charge on any atom is -0.367 e. The Labute approximate surface area is 118 Å². The number of anilines is 2. The van der Waals surface area contributed by atoms with Gasteiger partial charge in [-0.3, -0.25) is 10.1 Å². The van der Waals surface area contributed by atoms with Gasteiger partial charge < -0.3 is 10.7 Å². The summed E-state index contributed by atoms with van der Waals surface area (Å²) in [5, 5.41) is 14.3. The van der Waals surface area contributed by atoms with E-state index in [-0.39, 0.29) is 5.69 Å². The number of nitrogens with zero attached hydrogens (tertiary/aromatic N) is 2. The van der Waals surface area contributed by atoms with Crippen LogP contribution in [0.5, 0.6) is 0 Å². The van der Waals surface area contributed by atoms with Gasteiger partial charge in [0.25, 0.3) is 5.69 Å². The van der Waals surface area contributed by atoms with Gasteiger partial charge in [-0.2, -0.15) is 0 Å². The van der Waals surface area contributed by atoms with E-state index in [1.54, 1.807) is 0 Å². The lowest BCUT2D eigenvalue weighted by Crippen LogP contribution is -2.32. The van der Waals surface area contributed by atoms with Crippen LogP contribution in [0.25, 0.3) is 0 Å². The van der Waals surface area contributed by atoms with Crippen LogP contribution in [0.15, 0.2) is 12.1 Å². The van der Waals surface area contributed by atoms with Crippen molar-refractivity contribution in [3.8, 4) is 0 Å². The summed E-state index contributed by atoms with van der Waals surface area (Å²) in [6.45, 7) is 2.18. The summed E-state index contributed by atoms with van der Waals surface area (Å²) in [6.07, 6.45) is 5.83. The highest BCUT2D eigenvalue weighted by molar-refractivity contribution is 5.54. The van der Waals surface area contributed by atoms with Gasteiger partial charge in [-0.05, 0) is 18.8 Å². The first-order valence-corrected chi connectivity index (χ1v) is 7.03. The predicted molar refractivity (Wildman–Crippen MR) is 78.4 cm³/mol. The summed E-state index contributed by atoms with van der Waals surface area (Å²) in [5.41, 5.74) is 2.35. The Balaban J connectivity index is 2.18. The van der Waals surface area contributed by atoms with E-state index in [4.69, 9.17) is 5.84 Å². The Bertz CT molecular complexity index is 480. The van der Waals surface area contributed by atoms with Crippen molar-refractivity contribution >= 4 is 17.3 Å².